The average molecular weight is 407 g/mol. The van der Waals surface area contributed by atoms with Gasteiger partial charge in [-0.05, 0) is 53.5 Å². The molecule has 30 heavy (non-hydrogen) atoms. The van der Waals surface area contributed by atoms with Gasteiger partial charge in [0.05, 0.1) is 12.6 Å². The number of hydrogen-bond donors (Lipinski definition) is 1. The minimum absolute atomic E-state index is 0.0529. The fourth-order valence-corrected chi connectivity index (χ4v) is 4.83. The molecular formula is C26H34N2O2. The number of carbonyl (C=O) groups is 1. The third-order valence-electron chi connectivity index (χ3n) is 6.74. The van der Waals surface area contributed by atoms with E-state index in [1.54, 1.807) is 7.11 Å². The molecule has 1 aliphatic heterocycles. The smallest absolute Gasteiger partial charge is 0.244 e. The molecule has 1 amide bonds. The van der Waals surface area contributed by atoms with Crippen LogP contribution in [0.2, 0.25) is 0 Å². The van der Waals surface area contributed by atoms with Crippen LogP contribution < -0.4 is 10.1 Å². The van der Waals surface area contributed by atoms with Gasteiger partial charge in [-0.15, -0.1) is 0 Å². The van der Waals surface area contributed by atoms with E-state index in [-0.39, 0.29) is 23.0 Å². The van der Waals surface area contributed by atoms with E-state index in [2.05, 4.69) is 67.4 Å². The molecule has 2 aliphatic rings. The molecule has 1 heterocycles. The molecule has 1 aliphatic carbocycles. The van der Waals surface area contributed by atoms with Gasteiger partial charge in [0, 0.05) is 6.54 Å². The van der Waals surface area contributed by atoms with Crippen LogP contribution in [0.3, 0.4) is 0 Å². The monoisotopic (exact) mass is 406 g/mol. The van der Waals surface area contributed by atoms with Crippen LogP contribution in [-0.4, -0.2) is 30.0 Å². The minimum atomic E-state index is -0.368. The Kier molecular flexibility index (Phi) is 5.63. The largest absolute Gasteiger partial charge is 0.497 e. The Morgan fingerprint density at radius 2 is 1.67 bits per heavy atom. The van der Waals surface area contributed by atoms with Crippen molar-refractivity contribution in [2.24, 2.45) is 0 Å². The summed E-state index contributed by atoms with van der Waals surface area (Å²) in [5.41, 5.74) is 3.47. The maximum Gasteiger partial charge on any atom is 0.244 e. The van der Waals surface area contributed by atoms with Gasteiger partial charge in [-0.1, -0.05) is 70.0 Å². The first kappa shape index (κ1) is 20.9. The van der Waals surface area contributed by atoms with E-state index >= 15 is 0 Å². The fourth-order valence-electron chi connectivity index (χ4n) is 4.83. The quantitative estimate of drug-likeness (QED) is 0.761. The molecule has 4 rings (SSSR count). The molecule has 1 saturated carbocycles. The molecule has 0 bridgehead atoms. The third-order valence-corrected chi connectivity index (χ3v) is 6.74. The lowest BCUT2D eigenvalue weighted by molar-refractivity contribution is -0.133. The fraction of sp³-hybridized carbons (Fsp3) is 0.500. The first-order valence-electron chi connectivity index (χ1n) is 11.1. The molecule has 0 radical (unpaired) electrons. The van der Waals surface area contributed by atoms with Gasteiger partial charge in [-0.25, -0.2) is 0 Å². The van der Waals surface area contributed by atoms with Crippen LogP contribution >= 0.6 is 0 Å². The highest BCUT2D eigenvalue weighted by atomic mass is 16.5. The number of methoxy groups -OCH3 is 1. The highest BCUT2D eigenvalue weighted by Gasteiger charge is 2.52. The molecule has 1 atom stereocenters. The molecule has 160 valence electrons. The Bertz CT molecular complexity index is 875. The maximum atomic E-state index is 13.5. The predicted molar refractivity (Wildman–Crippen MR) is 121 cm³/mol. The Labute approximate surface area is 180 Å². The Morgan fingerprint density at radius 3 is 2.23 bits per heavy atom. The molecule has 1 saturated heterocycles. The first-order valence-corrected chi connectivity index (χ1v) is 11.1. The molecule has 1 N–H and O–H groups in total. The van der Waals surface area contributed by atoms with Crippen LogP contribution in [0.25, 0.3) is 0 Å². The number of amides is 1. The SMILES string of the molecule is COc1ccc(CCN2C(=O)C3(CCCC3)NC2c2ccc(C(C)(C)C)cc2)cc1. The Balaban J connectivity index is 1.57. The molecule has 4 heteroatoms. The van der Waals surface area contributed by atoms with E-state index in [0.29, 0.717) is 6.54 Å². The normalized spacial score (nSPS) is 20.9. The second kappa shape index (κ2) is 8.07. The van der Waals surface area contributed by atoms with Crippen molar-refractivity contribution in [2.45, 2.75) is 70.0 Å². The lowest BCUT2D eigenvalue weighted by atomic mass is 9.86. The van der Waals surface area contributed by atoms with E-state index in [1.165, 1.54) is 16.7 Å². The van der Waals surface area contributed by atoms with Gasteiger partial charge in [0.25, 0.3) is 0 Å². The molecule has 4 nitrogen and oxygen atoms in total. The topological polar surface area (TPSA) is 41.6 Å². The van der Waals surface area contributed by atoms with Gasteiger partial charge < -0.3 is 9.64 Å². The number of nitrogens with one attached hydrogen (secondary N) is 1. The lowest BCUT2D eigenvalue weighted by Crippen LogP contribution is -2.44. The number of ether oxygens (including phenoxy) is 1. The van der Waals surface area contributed by atoms with Crippen molar-refractivity contribution in [1.29, 1.82) is 0 Å². The second-order valence-corrected chi connectivity index (χ2v) is 9.80. The molecular weight excluding hydrogens is 372 g/mol. The van der Waals surface area contributed by atoms with Crippen LogP contribution in [0.4, 0.5) is 0 Å². The lowest BCUT2D eigenvalue weighted by Gasteiger charge is -2.26. The molecule has 2 fully saturated rings. The highest BCUT2D eigenvalue weighted by molar-refractivity contribution is 5.89. The first-order chi connectivity index (χ1) is 14.3. The second-order valence-electron chi connectivity index (χ2n) is 9.80. The average Bonchev–Trinajstić information content (AvgIpc) is 3.32. The number of hydrogen-bond acceptors (Lipinski definition) is 3. The van der Waals surface area contributed by atoms with E-state index in [4.69, 9.17) is 4.74 Å². The van der Waals surface area contributed by atoms with Crippen molar-refractivity contribution in [3.05, 3.63) is 65.2 Å². The van der Waals surface area contributed by atoms with E-state index in [9.17, 15) is 4.79 Å². The van der Waals surface area contributed by atoms with Crippen molar-refractivity contribution in [3.8, 4) is 5.75 Å². The van der Waals surface area contributed by atoms with Gasteiger partial charge >= 0.3 is 0 Å². The molecule has 0 aromatic heterocycles. The molecule has 1 spiro atoms. The zero-order valence-corrected chi connectivity index (χ0v) is 18.7. The van der Waals surface area contributed by atoms with Crippen molar-refractivity contribution in [3.63, 3.8) is 0 Å². The van der Waals surface area contributed by atoms with Crippen LogP contribution in [0, 0.1) is 0 Å². The van der Waals surface area contributed by atoms with Crippen molar-refractivity contribution >= 4 is 5.91 Å². The van der Waals surface area contributed by atoms with E-state index in [0.717, 1.165) is 37.9 Å². The van der Waals surface area contributed by atoms with Gasteiger partial charge in [0.1, 0.15) is 11.9 Å². The van der Waals surface area contributed by atoms with Crippen LogP contribution in [0.5, 0.6) is 5.75 Å². The molecule has 1 unspecified atom stereocenters. The number of carbonyl (C=O) groups excluding carboxylic acids is 1. The van der Waals surface area contributed by atoms with Crippen molar-refractivity contribution in [1.82, 2.24) is 10.2 Å². The summed E-state index contributed by atoms with van der Waals surface area (Å²) in [5.74, 6) is 1.14. The summed E-state index contributed by atoms with van der Waals surface area (Å²) >= 11 is 0. The van der Waals surface area contributed by atoms with Crippen molar-refractivity contribution in [2.75, 3.05) is 13.7 Å². The summed E-state index contributed by atoms with van der Waals surface area (Å²) < 4.78 is 5.26. The number of rotatable bonds is 5. The summed E-state index contributed by atoms with van der Waals surface area (Å²) in [6, 6.07) is 17.0. The Hall–Kier alpha value is -2.33. The van der Waals surface area contributed by atoms with Gasteiger partial charge in [-0.2, -0.15) is 0 Å². The van der Waals surface area contributed by atoms with Gasteiger partial charge in [0.2, 0.25) is 5.91 Å². The van der Waals surface area contributed by atoms with Crippen molar-refractivity contribution < 1.29 is 9.53 Å². The number of benzene rings is 2. The molecule has 2 aromatic carbocycles. The summed E-state index contributed by atoms with van der Waals surface area (Å²) in [6.07, 6.45) is 4.93. The summed E-state index contributed by atoms with van der Waals surface area (Å²) in [6.45, 7) is 7.40. The van der Waals surface area contributed by atoms with Crippen LogP contribution in [-0.2, 0) is 16.6 Å². The van der Waals surface area contributed by atoms with Crippen LogP contribution in [0.1, 0.15) is 69.3 Å². The standard InChI is InChI=1S/C26H34N2O2/c1-25(2,3)21-11-9-20(10-12-21)23-27-26(16-5-6-17-26)24(29)28(23)18-15-19-7-13-22(30-4)14-8-19/h7-14,23,27H,5-6,15-18H2,1-4H3. The zero-order valence-electron chi connectivity index (χ0n) is 18.7. The summed E-state index contributed by atoms with van der Waals surface area (Å²) in [4.78, 5) is 15.6. The minimum Gasteiger partial charge on any atom is -0.497 e. The molecule has 2 aromatic rings. The summed E-state index contributed by atoms with van der Waals surface area (Å²) in [5, 5.41) is 3.75. The Morgan fingerprint density at radius 1 is 1.03 bits per heavy atom. The highest BCUT2D eigenvalue weighted by Crippen LogP contribution is 2.41. The van der Waals surface area contributed by atoms with Gasteiger partial charge in [0.15, 0.2) is 0 Å². The zero-order chi connectivity index (χ0) is 21.4. The van der Waals surface area contributed by atoms with Crippen LogP contribution in [0.15, 0.2) is 48.5 Å². The maximum absolute atomic E-state index is 13.5. The van der Waals surface area contributed by atoms with E-state index in [1.807, 2.05) is 12.1 Å². The number of nitrogens with zero attached hydrogens (tertiary/aromatic N) is 1. The predicted octanol–water partition coefficient (Wildman–Crippen LogP) is 4.98. The van der Waals surface area contributed by atoms with Gasteiger partial charge in [-0.3, -0.25) is 10.1 Å². The summed E-state index contributed by atoms with van der Waals surface area (Å²) in [7, 11) is 1.68. The van der Waals surface area contributed by atoms with E-state index < -0.39 is 0 Å². The third kappa shape index (κ3) is 3.98.